The summed E-state index contributed by atoms with van der Waals surface area (Å²) in [5.74, 6) is -0.135. The second kappa shape index (κ2) is 10.6. The summed E-state index contributed by atoms with van der Waals surface area (Å²) in [5.41, 5.74) is 3.76. The van der Waals surface area contributed by atoms with Crippen molar-refractivity contribution < 1.29 is 9.53 Å². The Hall–Kier alpha value is -2.33. The fourth-order valence-electron chi connectivity index (χ4n) is 4.43. The molecule has 4 nitrogen and oxygen atoms in total. The molecule has 0 N–H and O–H groups in total. The topological polar surface area (TPSA) is 32.8 Å². The molecule has 1 atom stereocenters. The van der Waals surface area contributed by atoms with Crippen LogP contribution in [0.4, 0.5) is 5.69 Å². The van der Waals surface area contributed by atoms with Crippen molar-refractivity contribution in [3.05, 3.63) is 65.7 Å². The van der Waals surface area contributed by atoms with Crippen molar-refractivity contribution in [2.45, 2.75) is 44.9 Å². The molecule has 0 saturated carbocycles. The minimum atomic E-state index is -0.183. The molecular formula is C26H36N2O2. The summed E-state index contributed by atoms with van der Waals surface area (Å²) in [4.78, 5) is 17.1. The maximum absolute atomic E-state index is 12.0. The molecule has 2 aromatic rings. The third-order valence-corrected chi connectivity index (χ3v) is 6.52. The maximum Gasteiger partial charge on any atom is 0.306 e. The first-order chi connectivity index (χ1) is 14.5. The first-order valence-corrected chi connectivity index (χ1v) is 11.2. The second-order valence-electron chi connectivity index (χ2n) is 8.63. The minimum Gasteiger partial charge on any atom is -0.469 e. The van der Waals surface area contributed by atoms with Crippen molar-refractivity contribution >= 4 is 11.7 Å². The highest BCUT2D eigenvalue weighted by molar-refractivity contribution is 5.71. The first kappa shape index (κ1) is 22.4. The number of aryl methyl sites for hydroxylation is 1. The van der Waals surface area contributed by atoms with Crippen LogP contribution in [-0.4, -0.2) is 50.7 Å². The lowest BCUT2D eigenvalue weighted by Crippen LogP contribution is -2.46. The van der Waals surface area contributed by atoms with Gasteiger partial charge in [0.2, 0.25) is 0 Å². The molecule has 0 aromatic heterocycles. The highest BCUT2D eigenvalue weighted by atomic mass is 16.5. The summed E-state index contributed by atoms with van der Waals surface area (Å²) >= 11 is 0. The third-order valence-electron chi connectivity index (χ3n) is 6.52. The first-order valence-electron chi connectivity index (χ1n) is 11.2. The number of carbonyl (C=O) groups excluding carboxylic acids is 1. The molecule has 1 heterocycles. The lowest BCUT2D eigenvalue weighted by Gasteiger charge is -2.37. The zero-order chi connectivity index (χ0) is 21.4. The molecule has 3 rings (SSSR count). The predicted molar refractivity (Wildman–Crippen MR) is 124 cm³/mol. The molecule has 30 heavy (non-hydrogen) atoms. The van der Waals surface area contributed by atoms with Crippen molar-refractivity contribution in [3.63, 3.8) is 0 Å². The maximum atomic E-state index is 12.0. The number of benzene rings is 2. The molecule has 1 aliphatic heterocycles. The molecule has 0 aliphatic carbocycles. The summed E-state index contributed by atoms with van der Waals surface area (Å²) in [6.45, 7) is 9.79. The van der Waals surface area contributed by atoms with E-state index in [4.69, 9.17) is 4.74 Å². The fraction of sp³-hybridized carbons (Fsp3) is 0.500. The third kappa shape index (κ3) is 5.85. The van der Waals surface area contributed by atoms with Gasteiger partial charge >= 0.3 is 5.97 Å². The average molecular weight is 409 g/mol. The van der Waals surface area contributed by atoms with Gasteiger partial charge in [0.15, 0.2) is 0 Å². The van der Waals surface area contributed by atoms with E-state index in [1.54, 1.807) is 0 Å². The number of esters is 1. The number of rotatable bonds is 9. The summed E-state index contributed by atoms with van der Waals surface area (Å²) in [6, 6.07) is 19.4. The SMILES string of the molecule is CCc1ccc(N2CCN(CCCC(C)(CC(=O)OC)c3ccccc3)CC2)cc1. The number of anilines is 1. The molecule has 1 fully saturated rings. The standard InChI is InChI=1S/C26H36N2O2/c1-4-22-11-13-24(14-12-22)28-19-17-27(18-20-28)16-8-15-26(2,21-25(29)30-3)23-9-6-5-7-10-23/h5-7,9-14H,4,8,15-21H2,1-3H3. The van der Waals surface area contributed by atoms with Crippen LogP contribution in [0.25, 0.3) is 0 Å². The number of ether oxygens (including phenoxy) is 1. The number of nitrogens with zero attached hydrogens (tertiary/aromatic N) is 2. The van der Waals surface area contributed by atoms with Gasteiger partial charge in [0.25, 0.3) is 0 Å². The molecule has 0 spiro atoms. The largest absolute Gasteiger partial charge is 0.469 e. The monoisotopic (exact) mass is 408 g/mol. The summed E-state index contributed by atoms with van der Waals surface area (Å²) < 4.78 is 4.98. The highest BCUT2D eigenvalue weighted by Gasteiger charge is 2.30. The minimum absolute atomic E-state index is 0.135. The van der Waals surface area contributed by atoms with Crippen molar-refractivity contribution in [1.82, 2.24) is 4.90 Å². The van der Waals surface area contributed by atoms with Crippen LogP contribution in [0.3, 0.4) is 0 Å². The van der Waals surface area contributed by atoms with Crippen molar-refractivity contribution in [3.8, 4) is 0 Å². The van der Waals surface area contributed by atoms with Gasteiger partial charge in [0, 0.05) is 37.3 Å². The van der Waals surface area contributed by atoms with Crippen LogP contribution >= 0.6 is 0 Å². The van der Waals surface area contributed by atoms with Crippen LogP contribution in [0.1, 0.15) is 44.2 Å². The Morgan fingerprint density at radius 1 is 1.00 bits per heavy atom. The Morgan fingerprint density at radius 3 is 2.27 bits per heavy atom. The smallest absolute Gasteiger partial charge is 0.306 e. The van der Waals surface area contributed by atoms with E-state index in [9.17, 15) is 4.79 Å². The Labute approximate surface area is 181 Å². The van der Waals surface area contributed by atoms with Crippen LogP contribution in [0.5, 0.6) is 0 Å². The van der Waals surface area contributed by atoms with E-state index in [2.05, 4.69) is 72.2 Å². The quantitative estimate of drug-likeness (QED) is 0.565. The number of piperazine rings is 1. The van der Waals surface area contributed by atoms with Crippen molar-refractivity contribution in [1.29, 1.82) is 0 Å². The normalized spacial score (nSPS) is 16.8. The summed E-state index contributed by atoms with van der Waals surface area (Å²) in [5, 5.41) is 0. The predicted octanol–water partition coefficient (Wildman–Crippen LogP) is 4.67. The van der Waals surface area contributed by atoms with E-state index in [1.807, 2.05) is 6.07 Å². The molecule has 1 unspecified atom stereocenters. The zero-order valence-corrected chi connectivity index (χ0v) is 18.8. The van der Waals surface area contributed by atoms with Gasteiger partial charge in [-0.3, -0.25) is 9.69 Å². The van der Waals surface area contributed by atoms with Crippen molar-refractivity contribution in [2.75, 3.05) is 44.7 Å². The Morgan fingerprint density at radius 2 is 1.67 bits per heavy atom. The number of hydrogen-bond donors (Lipinski definition) is 0. The van der Waals surface area contributed by atoms with Crippen LogP contribution in [0.15, 0.2) is 54.6 Å². The molecule has 0 bridgehead atoms. The molecule has 162 valence electrons. The van der Waals surface area contributed by atoms with Gasteiger partial charge in [-0.15, -0.1) is 0 Å². The van der Waals surface area contributed by atoms with Crippen LogP contribution < -0.4 is 4.90 Å². The second-order valence-corrected chi connectivity index (χ2v) is 8.63. The van der Waals surface area contributed by atoms with E-state index >= 15 is 0 Å². The molecular weight excluding hydrogens is 372 g/mol. The van der Waals surface area contributed by atoms with Crippen molar-refractivity contribution in [2.24, 2.45) is 0 Å². The molecule has 2 aromatic carbocycles. The zero-order valence-electron chi connectivity index (χ0n) is 18.8. The van der Waals surface area contributed by atoms with Gasteiger partial charge in [-0.2, -0.15) is 0 Å². The lowest BCUT2D eigenvalue weighted by atomic mass is 9.76. The Bertz CT molecular complexity index is 782. The van der Waals surface area contributed by atoms with Crippen LogP contribution in [0, 0.1) is 0 Å². The van der Waals surface area contributed by atoms with E-state index < -0.39 is 0 Å². The van der Waals surface area contributed by atoms with Crippen LogP contribution in [0.2, 0.25) is 0 Å². The molecule has 4 heteroatoms. The van der Waals surface area contributed by atoms with E-state index in [1.165, 1.54) is 23.9 Å². The molecule has 0 amide bonds. The van der Waals surface area contributed by atoms with E-state index in [0.29, 0.717) is 6.42 Å². The number of carbonyl (C=O) groups is 1. The summed E-state index contributed by atoms with van der Waals surface area (Å²) in [6.07, 6.45) is 3.57. The highest BCUT2D eigenvalue weighted by Crippen LogP contribution is 2.33. The molecule has 0 radical (unpaired) electrons. The van der Waals surface area contributed by atoms with Gasteiger partial charge in [-0.1, -0.05) is 56.3 Å². The van der Waals surface area contributed by atoms with Gasteiger partial charge in [-0.25, -0.2) is 0 Å². The molecule has 1 saturated heterocycles. The summed E-state index contributed by atoms with van der Waals surface area (Å²) in [7, 11) is 1.48. The van der Waals surface area contributed by atoms with E-state index in [0.717, 1.165) is 52.0 Å². The Balaban J connectivity index is 1.50. The number of methoxy groups -OCH3 is 1. The van der Waals surface area contributed by atoms with E-state index in [-0.39, 0.29) is 11.4 Å². The lowest BCUT2D eigenvalue weighted by molar-refractivity contribution is -0.142. The van der Waals surface area contributed by atoms with Gasteiger partial charge in [0.1, 0.15) is 0 Å². The van der Waals surface area contributed by atoms with Gasteiger partial charge in [0.05, 0.1) is 13.5 Å². The Kier molecular flexibility index (Phi) is 7.92. The number of hydrogen-bond acceptors (Lipinski definition) is 4. The van der Waals surface area contributed by atoms with Gasteiger partial charge < -0.3 is 9.64 Å². The van der Waals surface area contributed by atoms with Crippen LogP contribution in [-0.2, 0) is 21.4 Å². The molecule has 1 aliphatic rings. The van der Waals surface area contributed by atoms with Gasteiger partial charge in [-0.05, 0) is 49.1 Å². The fourth-order valence-corrected chi connectivity index (χ4v) is 4.43. The average Bonchev–Trinajstić information content (AvgIpc) is 2.80.